The van der Waals surface area contributed by atoms with Gasteiger partial charge in [-0.3, -0.25) is 4.79 Å². The van der Waals surface area contributed by atoms with Crippen LogP contribution >= 0.6 is 11.8 Å². The minimum Gasteiger partial charge on any atom is -0.493 e. The fourth-order valence-electron chi connectivity index (χ4n) is 4.45. The zero-order chi connectivity index (χ0) is 27.2. The number of allylic oxidation sites excluding steroid dienone is 1. The first-order valence-corrected chi connectivity index (χ1v) is 13.4. The summed E-state index contributed by atoms with van der Waals surface area (Å²) >= 11 is 1.43. The molecule has 0 spiro atoms. The summed E-state index contributed by atoms with van der Waals surface area (Å²) < 4.78 is 17.1. The van der Waals surface area contributed by atoms with E-state index in [1.54, 1.807) is 27.2 Å². The Bertz CT molecular complexity index is 1290. The van der Waals surface area contributed by atoms with E-state index >= 15 is 0 Å². The molecule has 2 heterocycles. The number of ether oxygens (including phenoxy) is 3. The Balaban J connectivity index is 1.75. The number of hydrogen-bond donors (Lipinski definition) is 1. The molecule has 1 amide bonds. The minimum absolute atomic E-state index is 0.0617. The number of rotatable bonds is 10. The third-order valence-electron chi connectivity index (χ3n) is 6.52. The number of thioether (sulfide) groups is 1. The van der Waals surface area contributed by atoms with E-state index in [2.05, 4.69) is 5.32 Å². The third kappa shape index (κ3) is 5.72. The maximum absolute atomic E-state index is 13.7. The first-order chi connectivity index (χ1) is 18.4. The number of esters is 1. The highest BCUT2D eigenvalue weighted by Gasteiger charge is 2.42. The number of nitrogens with one attached hydrogen (secondary N) is 1. The second kappa shape index (κ2) is 12.2. The highest BCUT2D eigenvalue weighted by molar-refractivity contribution is 8.16. The molecule has 0 saturated carbocycles. The Morgan fingerprint density at radius 2 is 1.87 bits per heavy atom. The van der Waals surface area contributed by atoms with Crippen molar-refractivity contribution >= 4 is 28.8 Å². The van der Waals surface area contributed by atoms with E-state index in [1.807, 2.05) is 66.6 Å². The summed E-state index contributed by atoms with van der Waals surface area (Å²) in [4.78, 5) is 33.2. The maximum Gasteiger partial charge on any atom is 0.338 e. The van der Waals surface area contributed by atoms with Crippen LogP contribution in [0.3, 0.4) is 0 Å². The molecule has 2 atom stereocenters. The van der Waals surface area contributed by atoms with Crippen LogP contribution in [0.2, 0.25) is 0 Å². The summed E-state index contributed by atoms with van der Waals surface area (Å²) in [6, 6.07) is 14.5. The molecular weight excluding hydrogens is 502 g/mol. The number of benzene rings is 2. The molecule has 9 heteroatoms. The van der Waals surface area contributed by atoms with Crippen molar-refractivity contribution < 1.29 is 23.8 Å². The van der Waals surface area contributed by atoms with Gasteiger partial charge in [-0.1, -0.05) is 61.2 Å². The lowest BCUT2D eigenvalue weighted by molar-refractivity contribution is -0.141. The average molecular weight is 536 g/mol. The van der Waals surface area contributed by atoms with Crippen molar-refractivity contribution in [1.29, 1.82) is 0 Å². The Kier molecular flexibility index (Phi) is 8.78. The highest BCUT2D eigenvalue weighted by Crippen LogP contribution is 2.48. The van der Waals surface area contributed by atoms with Gasteiger partial charge in [0.15, 0.2) is 16.7 Å². The maximum atomic E-state index is 13.7. The summed E-state index contributed by atoms with van der Waals surface area (Å²) in [5.74, 6) is 0.464. The molecule has 0 unspecified atom stereocenters. The van der Waals surface area contributed by atoms with Crippen molar-refractivity contribution in [3.05, 3.63) is 82.0 Å². The van der Waals surface area contributed by atoms with E-state index in [4.69, 9.17) is 19.2 Å². The Hall–Kier alpha value is -3.72. The van der Waals surface area contributed by atoms with Crippen molar-refractivity contribution in [2.45, 2.75) is 52.3 Å². The van der Waals surface area contributed by atoms with Crippen LogP contribution in [0.25, 0.3) is 0 Å². The van der Waals surface area contributed by atoms with Crippen LogP contribution in [0.5, 0.6) is 11.5 Å². The van der Waals surface area contributed by atoms with Crippen molar-refractivity contribution in [3.63, 3.8) is 0 Å². The Morgan fingerprint density at radius 1 is 1.11 bits per heavy atom. The molecule has 0 saturated heterocycles. The van der Waals surface area contributed by atoms with E-state index in [0.29, 0.717) is 33.5 Å². The van der Waals surface area contributed by atoms with Gasteiger partial charge in [0.25, 0.3) is 0 Å². The monoisotopic (exact) mass is 535 g/mol. The third-order valence-corrected chi connectivity index (χ3v) is 7.41. The first kappa shape index (κ1) is 27.3. The standard InChI is InChI=1S/C29H33N3O5S/c1-6-18(2)30-24(33)15-21-17-38-29-31-19(3)25(28(34)37-16-20-11-8-7-9-12-20)26(32(21)29)22-13-10-14-23(35-4)27(22)36-5/h7-14,17-18,26H,6,15-16H2,1-5H3,(H,30,33)/t18-,26-/m1/s1. The van der Waals surface area contributed by atoms with Gasteiger partial charge in [0.1, 0.15) is 6.61 Å². The number of para-hydroxylation sites is 1. The van der Waals surface area contributed by atoms with Gasteiger partial charge in [0.05, 0.1) is 38.0 Å². The molecule has 2 aliphatic heterocycles. The molecule has 4 rings (SSSR count). The molecule has 0 aliphatic carbocycles. The van der Waals surface area contributed by atoms with Crippen molar-refractivity contribution in [2.75, 3.05) is 14.2 Å². The molecule has 0 fully saturated rings. The van der Waals surface area contributed by atoms with Crippen LogP contribution in [0.4, 0.5) is 0 Å². The predicted molar refractivity (Wildman–Crippen MR) is 149 cm³/mol. The van der Waals surface area contributed by atoms with Crippen LogP contribution in [0.15, 0.2) is 75.9 Å². The summed E-state index contributed by atoms with van der Waals surface area (Å²) in [5, 5.41) is 5.63. The predicted octanol–water partition coefficient (Wildman–Crippen LogP) is 5.33. The molecule has 2 aromatic rings. The quantitative estimate of drug-likeness (QED) is 0.412. The van der Waals surface area contributed by atoms with Crippen LogP contribution in [-0.2, 0) is 20.9 Å². The average Bonchev–Trinajstić information content (AvgIpc) is 3.32. The summed E-state index contributed by atoms with van der Waals surface area (Å²) in [6.07, 6.45) is 0.976. The smallest absolute Gasteiger partial charge is 0.338 e. The molecule has 0 aromatic heterocycles. The van der Waals surface area contributed by atoms with E-state index in [1.165, 1.54) is 11.8 Å². The number of carbonyl (C=O) groups excluding carboxylic acids is 2. The first-order valence-electron chi connectivity index (χ1n) is 12.5. The van der Waals surface area contributed by atoms with Crippen LogP contribution in [-0.4, -0.2) is 42.2 Å². The minimum atomic E-state index is -0.631. The summed E-state index contributed by atoms with van der Waals surface area (Å²) in [6.45, 7) is 5.93. The molecular formula is C29H33N3O5S. The number of amidine groups is 1. The normalized spacial score (nSPS) is 17.3. The number of hydrogen-bond acceptors (Lipinski definition) is 8. The van der Waals surface area contributed by atoms with Gasteiger partial charge in [-0.05, 0) is 37.3 Å². The van der Waals surface area contributed by atoms with E-state index in [-0.39, 0.29) is 25.0 Å². The second-order valence-corrected chi connectivity index (χ2v) is 9.93. The Labute approximate surface area is 227 Å². The number of aliphatic imine (C=N–C) groups is 1. The number of carbonyl (C=O) groups is 2. The summed E-state index contributed by atoms with van der Waals surface area (Å²) in [5.41, 5.74) is 3.27. The van der Waals surface area contributed by atoms with Gasteiger partial charge in [0, 0.05) is 17.3 Å². The van der Waals surface area contributed by atoms with Crippen LogP contribution in [0.1, 0.15) is 50.8 Å². The largest absolute Gasteiger partial charge is 0.493 e. The van der Waals surface area contributed by atoms with E-state index in [9.17, 15) is 9.59 Å². The van der Waals surface area contributed by atoms with Crippen LogP contribution in [0, 0.1) is 0 Å². The molecule has 0 bridgehead atoms. The highest BCUT2D eigenvalue weighted by atomic mass is 32.2. The lowest BCUT2D eigenvalue weighted by atomic mass is 9.92. The van der Waals surface area contributed by atoms with Gasteiger partial charge < -0.3 is 24.4 Å². The van der Waals surface area contributed by atoms with Crippen molar-refractivity contribution in [2.24, 2.45) is 4.99 Å². The zero-order valence-corrected chi connectivity index (χ0v) is 23.1. The zero-order valence-electron chi connectivity index (χ0n) is 22.3. The van der Waals surface area contributed by atoms with Crippen molar-refractivity contribution in [1.82, 2.24) is 10.2 Å². The van der Waals surface area contributed by atoms with Gasteiger partial charge in [-0.15, -0.1) is 0 Å². The van der Waals surface area contributed by atoms with Gasteiger partial charge in [0.2, 0.25) is 5.91 Å². The number of amides is 1. The molecule has 0 radical (unpaired) electrons. The molecule has 38 heavy (non-hydrogen) atoms. The van der Waals surface area contributed by atoms with E-state index in [0.717, 1.165) is 17.7 Å². The lowest BCUT2D eigenvalue weighted by Gasteiger charge is -2.37. The molecule has 1 N–H and O–H groups in total. The Morgan fingerprint density at radius 3 is 2.55 bits per heavy atom. The molecule has 2 aromatic carbocycles. The fraction of sp³-hybridized carbons (Fsp3) is 0.345. The number of fused-ring (bicyclic) bond motifs is 1. The van der Waals surface area contributed by atoms with Gasteiger partial charge in [-0.2, -0.15) is 0 Å². The molecule has 200 valence electrons. The lowest BCUT2D eigenvalue weighted by Crippen LogP contribution is -2.39. The topological polar surface area (TPSA) is 89.5 Å². The molecule has 8 nitrogen and oxygen atoms in total. The second-order valence-electron chi connectivity index (χ2n) is 9.09. The van der Waals surface area contributed by atoms with Gasteiger partial charge >= 0.3 is 5.97 Å². The van der Waals surface area contributed by atoms with Crippen LogP contribution < -0.4 is 14.8 Å². The molecule has 2 aliphatic rings. The van der Waals surface area contributed by atoms with Gasteiger partial charge in [-0.25, -0.2) is 9.79 Å². The SMILES string of the molecule is CC[C@@H](C)NC(=O)CC1=CSC2=NC(C)=C(C(=O)OCc3ccccc3)[C@@H](c3cccc(OC)c3OC)N12. The van der Waals surface area contributed by atoms with E-state index < -0.39 is 12.0 Å². The summed E-state index contributed by atoms with van der Waals surface area (Å²) in [7, 11) is 3.14. The number of nitrogens with zero attached hydrogens (tertiary/aromatic N) is 2. The number of methoxy groups -OCH3 is 2. The fourth-order valence-corrected chi connectivity index (χ4v) is 5.41. The van der Waals surface area contributed by atoms with Crippen molar-refractivity contribution in [3.8, 4) is 11.5 Å².